The van der Waals surface area contributed by atoms with Crippen LogP contribution in [0.4, 0.5) is 5.88 Å². The molecule has 0 bridgehead atoms. The highest BCUT2D eigenvalue weighted by Crippen LogP contribution is 2.22. The molecule has 7 nitrogen and oxygen atoms in total. The molecular weight excluding hydrogens is 278 g/mol. The largest absolute Gasteiger partial charge is 0.485 e. The maximum absolute atomic E-state index is 11.8. The smallest absolute Gasteiger partial charge is 0.433 e. The molecule has 0 unspecified atom stereocenters. The van der Waals surface area contributed by atoms with E-state index in [1.807, 2.05) is 0 Å². The summed E-state index contributed by atoms with van der Waals surface area (Å²) in [6, 6.07) is 9.29. The van der Waals surface area contributed by atoms with E-state index in [2.05, 4.69) is 0 Å². The van der Waals surface area contributed by atoms with Gasteiger partial charge in [-0.05, 0) is 25.1 Å². The van der Waals surface area contributed by atoms with Crippen molar-refractivity contribution in [3.8, 4) is 5.75 Å². The molecule has 0 fully saturated rings. The van der Waals surface area contributed by atoms with E-state index in [-0.39, 0.29) is 19.1 Å². The van der Waals surface area contributed by atoms with Crippen LogP contribution in [0, 0.1) is 10.1 Å². The highest BCUT2D eigenvalue weighted by atomic mass is 16.6. The van der Waals surface area contributed by atoms with Crippen molar-refractivity contribution in [2.45, 2.75) is 13.5 Å². The van der Waals surface area contributed by atoms with E-state index in [0.29, 0.717) is 17.1 Å². The van der Waals surface area contributed by atoms with Gasteiger partial charge in [-0.1, -0.05) is 12.1 Å². The topological polar surface area (TPSA) is 91.8 Å². The Kier molecular flexibility index (Phi) is 4.55. The quantitative estimate of drug-likeness (QED) is 0.461. The normalized spacial score (nSPS) is 10.1. The summed E-state index contributed by atoms with van der Waals surface area (Å²) >= 11 is 0. The van der Waals surface area contributed by atoms with Gasteiger partial charge in [-0.25, -0.2) is 4.79 Å². The molecule has 1 aromatic heterocycles. The fourth-order valence-electron chi connectivity index (χ4n) is 1.66. The van der Waals surface area contributed by atoms with Crippen LogP contribution in [0.15, 0.2) is 40.8 Å². The standard InChI is InChI=1S/C14H13NO6/c1-2-19-14(16)11-5-3-4-6-12(11)20-9-10-7-8-13(21-10)15(17)18/h3-8H,2,9H2,1H3. The predicted octanol–water partition coefficient (Wildman–Crippen LogP) is 2.94. The molecule has 0 spiro atoms. The van der Waals surface area contributed by atoms with Crippen molar-refractivity contribution in [2.24, 2.45) is 0 Å². The molecule has 0 saturated carbocycles. The first kappa shape index (κ1) is 14.6. The lowest BCUT2D eigenvalue weighted by Crippen LogP contribution is -2.07. The van der Waals surface area contributed by atoms with Crippen molar-refractivity contribution in [2.75, 3.05) is 6.61 Å². The maximum atomic E-state index is 11.8. The van der Waals surface area contributed by atoms with E-state index in [0.717, 1.165) is 0 Å². The molecule has 21 heavy (non-hydrogen) atoms. The Bertz CT molecular complexity index is 648. The number of esters is 1. The van der Waals surface area contributed by atoms with Crippen molar-refractivity contribution >= 4 is 11.9 Å². The third-order valence-corrected chi connectivity index (χ3v) is 2.58. The summed E-state index contributed by atoms with van der Waals surface area (Å²) in [5.74, 6) is -0.221. The predicted molar refractivity (Wildman–Crippen MR) is 72.1 cm³/mol. The molecule has 0 N–H and O–H groups in total. The van der Waals surface area contributed by atoms with Gasteiger partial charge in [0.1, 0.15) is 28.6 Å². The van der Waals surface area contributed by atoms with Gasteiger partial charge >= 0.3 is 11.9 Å². The van der Waals surface area contributed by atoms with Crippen LogP contribution in [-0.2, 0) is 11.3 Å². The fourth-order valence-corrected chi connectivity index (χ4v) is 1.66. The van der Waals surface area contributed by atoms with Gasteiger partial charge in [0, 0.05) is 0 Å². The summed E-state index contributed by atoms with van der Waals surface area (Å²) in [5, 5.41) is 10.5. The lowest BCUT2D eigenvalue weighted by atomic mass is 10.2. The highest BCUT2D eigenvalue weighted by molar-refractivity contribution is 5.92. The average molecular weight is 291 g/mol. The summed E-state index contributed by atoms with van der Waals surface area (Å²) in [4.78, 5) is 21.6. The number of carbonyl (C=O) groups is 1. The highest BCUT2D eigenvalue weighted by Gasteiger charge is 2.15. The van der Waals surface area contributed by atoms with E-state index in [1.165, 1.54) is 12.1 Å². The molecule has 0 aliphatic heterocycles. The zero-order valence-corrected chi connectivity index (χ0v) is 11.3. The van der Waals surface area contributed by atoms with Crippen LogP contribution in [0.5, 0.6) is 5.75 Å². The number of rotatable bonds is 6. The van der Waals surface area contributed by atoms with Crippen molar-refractivity contribution in [1.82, 2.24) is 0 Å². The van der Waals surface area contributed by atoms with Crippen molar-refractivity contribution < 1.29 is 23.6 Å². The van der Waals surface area contributed by atoms with Gasteiger partial charge < -0.3 is 13.9 Å². The summed E-state index contributed by atoms with van der Waals surface area (Å²) in [6.07, 6.45) is 0. The van der Waals surface area contributed by atoms with Crippen molar-refractivity contribution in [3.05, 3.63) is 57.8 Å². The number of nitrogens with zero attached hydrogens (tertiary/aromatic N) is 1. The third-order valence-electron chi connectivity index (χ3n) is 2.58. The number of ether oxygens (including phenoxy) is 2. The molecule has 1 heterocycles. The van der Waals surface area contributed by atoms with Gasteiger partial charge in [0.2, 0.25) is 0 Å². The molecule has 0 radical (unpaired) electrons. The Morgan fingerprint density at radius 1 is 1.29 bits per heavy atom. The first-order valence-electron chi connectivity index (χ1n) is 6.24. The SMILES string of the molecule is CCOC(=O)c1ccccc1OCc1ccc([N+](=O)[O-])o1. The molecular formula is C14H13NO6. The summed E-state index contributed by atoms with van der Waals surface area (Å²) in [7, 11) is 0. The van der Waals surface area contributed by atoms with Gasteiger partial charge in [0.25, 0.3) is 0 Å². The minimum absolute atomic E-state index is 0.0236. The molecule has 2 aromatic rings. The molecule has 2 rings (SSSR count). The van der Waals surface area contributed by atoms with Gasteiger partial charge in [0.05, 0.1) is 12.7 Å². The second-order valence-electron chi connectivity index (χ2n) is 4.00. The van der Waals surface area contributed by atoms with Crippen LogP contribution in [-0.4, -0.2) is 17.5 Å². The first-order valence-corrected chi connectivity index (χ1v) is 6.24. The van der Waals surface area contributed by atoms with Crippen LogP contribution >= 0.6 is 0 Å². The lowest BCUT2D eigenvalue weighted by molar-refractivity contribution is -0.402. The molecule has 1 aromatic carbocycles. The van der Waals surface area contributed by atoms with E-state index in [9.17, 15) is 14.9 Å². The molecule has 7 heteroatoms. The Labute approximate surface area is 120 Å². The van der Waals surface area contributed by atoms with Gasteiger partial charge in [-0.15, -0.1) is 0 Å². The number of furan rings is 1. The van der Waals surface area contributed by atoms with Crippen LogP contribution < -0.4 is 4.74 Å². The van der Waals surface area contributed by atoms with E-state index in [1.54, 1.807) is 31.2 Å². The summed E-state index contributed by atoms with van der Waals surface area (Å²) < 4.78 is 15.4. The van der Waals surface area contributed by atoms with Crippen LogP contribution in [0.2, 0.25) is 0 Å². The second-order valence-corrected chi connectivity index (χ2v) is 4.00. The number of carbonyl (C=O) groups excluding carboxylic acids is 1. The molecule has 0 aliphatic carbocycles. The average Bonchev–Trinajstić information content (AvgIpc) is 2.95. The Morgan fingerprint density at radius 2 is 2.05 bits per heavy atom. The maximum Gasteiger partial charge on any atom is 0.433 e. The van der Waals surface area contributed by atoms with Crippen molar-refractivity contribution in [1.29, 1.82) is 0 Å². The van der Waals surface area contributed by atoms with Gasteiger partial charge in [0.15, 0.2) is 0 Å². The number of hydrogen-bond acceptors (Lipinski definition) is 6. The number of para-hydroxylation sites is 1. The van der Waals surface area contributed by atoms with Gasteiger partial charge in [-0.3, -0.25) is 10.1 Å². The molecule has 0 amide bonds. The Hall–Kier alpha value is -2.83. The first-order chi connectivity index (χ1) is 10.1. The van der Waals surface area contributed by atoms with Crippen LogP contribution in [0.3, 0.4) is 0 Å². The number of benzene rings is 1. The zero-order valence-electron chi connectivity index (χ0n) is 11.3. The molecule has 0 aliphatic rings. The van der Waals surface area contributed by atoms with Crippen LogP contribution in [0.1, 0.15) is 23.0 Å². The summed E-state index contributed by atoms with van der Waals surface area (Å²) in [5.41, 5.74) is 0.292. The number of nitro groups is 1. The van der Waals surface area contributed by atoms with E-state index >= 15 is 0 Å². The molecule has 0 atom stereocenters. The third kappa shape index (κ3) is 3.59. The molecule has 0 saturated heterocycles. The minimum atomic E-state index is -0.629. The second kappa shape index (κ2) is 6.56. The molecule has 110 valence electrons. The van der Waals surface area contributed by atoms with Crippen LogP contribution in [0.25, 0.3) is 0 Å². The van der Waals surface area contributed by atoms with Gasteiger partial charge in [-0.2, -0.15) is 0 Å². The minimum Gasteiger partial charge on any atom is -0.485 e. The summed E-state index contributed by atoms with van der Waals surface area (Å²) in [6.45, 7) is 1.95. The zero-order chi connectivity index (χ0) is 15.2. The Morgan fingerprint density at radius 3 is 2.71 bits per heavy atom. The van der Waals surface area contributed by atoms with E-state index in [4.69, 9.17) is 13.9 Å². The lowest BCUT2D eigenvalue weighted by Gasteiger charge is -2.09. The Balaban J connectivity index is 2.09. The fraction of sp³-hybridized carbons (Fsp3) is 0.214. The number of hydrogen-bond donors (Lipinski definition) is 0. The monoisotopic (exact) mass is 291 g/mol. The van der Waals surface area contributed by atoms with E-state index < -0.39 is 10.9 Å². The van der Waals surface area contributed by atoms with Crippen molar-refractivity contribution in [3.63, 3.8) is 0 Å².